The molecule has 1 heterocycles. The van der Waals surface area contributed by atoms with Crippen LogP contribution in [0.2, 0.25) is 10.0 Å². The van der Waals surface area contributed by atoms with Gasteiger partial charge in [0.15, 0.2) is 0 Å². The lowest BCUT2D eigenvalue weighted by atomic mass is 10.0. The van der Waals surface area contributed by atoms with Crippen molar-refractivity contribution in [3.05, 3.63) is 69.8 Å². The van der Waals surface area contributed by atoms with Gasteiger partial charge in [0.1, 0.15) is 16.5 Å². The summed E-state index contributed by atoms with van der Waals surface area (Å²) in [5.74, 6) is -0.873. The van der Waals surface area contributed by atoms with E-state index in [2.05, 4.69) is 9.72 Å². The molecule has 0 unspecified atom stereocenters. The number of pyridine rings is 1. The highest BCUT2D eigenvalue weighted by Crippen LogP contribution is 2.37. The Balaban J connectivity index is 1.96. The highest BCUT2D eigenvalue weighted by Gasteiger charge is 2.19. The van der Waals surface area contributed by atoms with E-state index in [-0.39, 0.29) is 27.8 Å². The van der Waals surface area contributed by atoms with Crippen LogP contribution in [0.25, 0.3) is 11.1 Å². The molecule has 3 aromatic rings. The van der Waals surface area contributed by atoms with Crippen LogP contribution in [0.5, 0.6) is 17.4 Å². The van der Waals surface area contributed by atoms with Gasteiger partial charge in [-0.25, -0.2) is 18.1 Å². The summed E-state index contributed by atoms with van der Waals surface area (Å²) in [5, 5.41) is 0.572. The predicted molar refractivity (Wildman–Crippen MR) is 120 cm³/mol. The topological polar surface area (TPSA) is 94.6 Å². The van der Waals surface area contributed by atoms with E-state index >= 15 is 0 Å². The molecule has 0 radical (unpaired) electrons. The maximum atomic E-state index is 13.0. The van der Waals surface area contributed by atoms with Gasteiger partial charge in [-0.1, -0.05) is 29.3 Å². The molecular weight excluding hydrogens is 501 g/mol. The van der Waals surface area contributed by atoms with E-state index in [1.807, 2.05) is 0 Å². The van der Waals surface area contributed by atoms with Gasteiger partial charge >= 0.3 is 6.61 Å². The van der Waals surface area contributed by atoms with E-state index in [0.717, 1.165) is 12.3 Å². The molecule has 0 aliphatic heterocycles. The van der Waals surface area contributed by atoms with E-state index < -0.39 is 22.5 Å². The number of nitrogens with zero attached hydrogens (tertiary/aromatic N) is 1. The van der Waals surface area contributed by atoms with Gasteiger partial charge < -0.3 is 9.47 Å². The molecule has 12 heteroatoms. The molecule has 2 aromatic carbocycles. The minimum atomic E-state index is -3.85. The molecule has 0 atom stereocenters. The first-order valence-corrected chi connectivity index (χ1v) is 11.8. The number of carbonyl (C=O) groups is 1. The van der Waals surface area contributed by atoms with Crippen molar-refractivity contribution in [3.63, 3.8) is 0 Å². The van der Waals surface area contributed by atoms with Gasteiger partial charge in [0, 0.05) is 33.5 Å². The van der Waals surface area contributed by atoms with Gasteiger partial charge in [-0.2, -0.15) is 8.78 Å². The predicted octanol–water partition coefficient (Wildman–Crippen LogP) is 5.45. The average Bonchev–Trinajstić information content (AvgIpc) is 2.71. The van der Waals surface area contributed by atoms with Crippen LogP contribution in [0, 0.1) is 6.92 Å². The zero-order valence-corrected chi connectivity index (χ0v) is 19.4. The summed E-state index contributed by atoms with van der Waals surface area (Å²) in [6, 6.07) is 10.1. The number of halogens is 4. The quantitative estimate of drug-likeness (QED) is 0.448. The highest BCUT2D eigenvalue weighted by atomic mass is 35.5. The number of amides is 1. The molecule has 0 aliphatic carbocycles. The molecule has 0 saturated carbocycles. The normalized spacial score (nSPS) is 11.4. The largest absolute Gasteiger partial charge is 0.437 e. The van der Waals surface area contributed by atoms with Crippen LogP contribution in [0.15, 0.2) is 48.7 Å². The van der Waals surface area contributed by atoms with Gasteiger partial charge in [-0.05, 0) is 43.3 Å². The zero-order chi connectivity index (χ0) is 24.3. The molecule has 1 N–H and O–H groups in total. The lowest BCUT2D eigenvalue weighted by molar-refractivity contribution is -0.0495. The fourth-order valence-electron chi connectivity index (χ4n) is 2.77. The van der Waals surface area contributed by atoms with Crippen LogP contribution in [0.3, 0.4) is 0 Å². The third kappa shape index (κ3) is 6.31. The zero-order valence-electron chi connectivity index (χ0n) is 17.1. The van der Waals surface area contributed by atoms with Gasteiger partial charge in [0.25, 0.3) is 5.91 Å². The first kappa shape index (κ1) is 24.7. The molecule has 0 aliphatic rings. The monoisotopic (exact) mass is 516 g/mol. The number of ether oxygens (including phenoxy) is 2. The summed E-state index contributed by atoms with van der Waals surface area (Å²) < 4.78 is 60.5. The second-order valence-corrected chi connectivity index (χ2v) is 9.33. The Kier molecular flexibility index (Phi) is 7.41. The molecule has 33 heavy (non-hydrogen) atoms. The van der Waals surface area contributed by atoms with Gasteiger partial charge in [-0.3, -0.25) is 4.79 Å². The minimum absolute atomic E-state index is 0.0614. The molecule has 1 amide bonds. The van der Waals surface area contributed by atoms with E-state index in [1.165, 1.54) is 24.4 Å². The Morgan fingerprint density at radius 1 is 1.09 bits per heavy atom. The van der Waals surface area contributed by atoms with Crippen molar-refractivity contribution in [1.82, 2.24) is 9.71 Å². The number of sulfonamides is 1. The number of alkyl halides is 2. The number of rotatable bonds is 7. The number of hydrogen-bond acceptors (Lipinski definition) is 6. The van der Waals surface area contributed by atoms with Crippen LogP contribution < -0.4 is 14.2 Å². The number of nitrogens with one attached hydrogen (secondary N) is 1. The number of benzene rings is 2. The maximum Gasteiger partial charge on any atom is 0.387 e. The standard InChI is InChI=1S/C21H16Cl2F2N2O5S/c1-11-15(22)4-3-5-17(11)31-20-16(23)8-13(10-26-20)14-7-6-12(9-18(14)32-21(24)25)19(28)27-33(2,29)30/h3-10,21H,1-2H3,(H,27,28). The van der Waals surface area contributed by atoms with E-state index in [1.54, 1.807) is 29.8 Å². The van der Waals surface area contributed by atoms with Crippen molar-refractivity contribution in [2.75, 3.05) is 6.26 Å². The Labute approximate surface area is 198 Å². The minimum Gasteiger partial charge on any atom is -0.437 e. The summed E-state index contributed by atoms with van der Waals surface area (Å²) in [4.78, 5) is 16.2. The molecule has 0 spiro atoms. The summed E-state index contributed by atoms with van der Waals surface area (Å²) >= 11 is 12.4. The van der Waals surface area contributed by atoms with Gasteiger partial charge in [0.05, 0.1) is 6.26 Å². The second-order valence-electron chi connectivity index (χ2n) is 6.77. The molecule has 1 aromatic heterocycles. The molecule has 0 saturated heterocycles. The number of carbonyl (C=O) groups excluding carboxylic acids is 1. The maximum absolute atomic E-state index is 13.0. The van der Waals surface area contributed by atoms with E-state index in [9.17, 15) is 22.0 Å². The third-order valence-corrected chi connectivity index (χ3v) is 5.52. The number of hydrogen-bond donors (Lipinski definition) is 1. The fourth-order valence-corrected chi connectivity index (χ4v) is 3.60. The van der Waals surface area contributed by atoms with Crippen molar-refractivity contribution >= 4 is 39.1 Å². The van der Waals surface area contributed by atoms with Crippen LogP contribution in [0.1, 0.15) is 15.9 Å². The molecule has 7 nitrogen and oxygen atoms in total. The molecule has 0 bridgehead atoms. The van der Waals surface area contributed by atoms with E-state index in [4.69, 9.17) is 27.9 Å². The van der Waals surface area contributed by atoms with Crippen molar-refractivity contribution in [3.8, 4) is 28.5 Å². The summed E-state index contributed by atoms with van der Waals surface area (Å²) in [7, 11) is -3.85. The van der Waals surface area contributed by atoms with Crippen molar-refractivity contribution in [2.24, 2.45) is 0 Å². The Morgan fingerprint density at radius 2 is 1.82 bits per heavy atom. The van der Waals surface area contributed by atoms with Crippen LogP contribution in [-0.2, 0) is 10.0 Å². The smallest absolute Gasteiger partial charge is 0.387 e. The highest BCUT2D eigenvalue weighted by molar-refractivity contribution is 7.89. The van der Waals surface area contributed by atoms with Crippen LogP contribution >= 0.6 is 23.2 Å². The van der Waals surface area contributed by atoms with Gasteiger partial charge in [0.2, 0.25) is 15.9 Å². The van der Waals surface area contributed by atoms with Crippen LogP contribution in [0.4, 0.5) is 8.78 Å². The van der Waals surface area contributed by atoms with Crippen molar-refractivity contribution in [1.29, 1.82) is 0 Å². The Hall–Kier alpha value is -2.95. The summed E-state index contributed by atoms with van der Waals surface area (Å²) in [5.41, 5.74) is 0.916. The third-order valence-electron chi connectivity index (χ3n) is 4.28. The van der Waals surface area contributed by atoms with E-state index in [0.29, 0.717) is 21.9 Å². The SMILES string of the molecule is Cc1c(Cl)cccc1Oc1ncc(-c2ccc(C(=O)NS(C)(=O)=O)cc2OC(F)F)cc1Cl. The lowest BCUT2D eigenvalue weighted by Crippen LogP contribution is -2.29. The lowest BCUT2D eigenvalue weighted by Gasteiger charge is -2.14. The molecule has 0 fully saturated rings. The molecule has 174 valence electrons. The summed E-state index contributed by atoms with van der Waals surface area (Å²) in [6.07, 6.45) is 2.11. The first-order chi connectivity index (χ1) is 15.4. The Morgan fingerprint density at radius 3 is 2.45 bits per heavy atom. The summed E-state index contributed by atoms with van der Waals surface area (Å²) in [6.45, 7) is -1.44. The molecular formula is C21H16Cl2F2N2O5S. The first-order valence-electron chi connectivity index (χ1n) is 9.14. The average molecular weight is 517 g/mol. The van der Waals surface area contributed by atoms with Crippen LogP contribution in [-0.4, -0.2) is 32.2 Å². The molecule has 3 rings (SSSR count). The second kappa shape index (κ2) is 9.90. The van der Waals surface area contributed by atoms with Gasteiger partial charge in [-0.15, -0.1) is 0 Å². The fraction of sp³-hybridized carbons (Fsp3) is 0.143. The van der Waals surface area contributed by atoms with Crippen molar-refractivity contribution in [2.45, 2.75) is 13.5 Å². The van der Waals surface area contributed by atoms with Crippen molar-refractivity contribution < 1.29 is 31.5 Å². The Bertz CT molecular complexity index is 1320. The number of aromatic nitrogens is 1.